The van der Waals surface area contributed by atoms with Gasteiger partial charge in [0.2, 0.25) is 0 Å². The summed E-state index contributed by atoms with van der Waals surface area (Å²) in [6.45, 7) is 6.18. The van der Waals surface area contributed by atoms with E-state index < -0.39 is 0 Å². The second kappa shape index (κ2) is 8.16. The Balaban J connectivity index is 1.74. The van der Waals surface area contributed by atoms with Crippen molar-refractivity contribution in [3.63, 3.8) is 0 Å². The van der Waals surface area contributed by atoms with Crippen LogP contribution in [0.5, 0.6) is 0 Å². The van der Waals surface area contributed by atoms with Crippen molar-refractivity contribution in [1.82, 2.24) is 4.90 Å². The number of halogens is 3. The molecule has 2 nitrogen and oxygen atoms in total. The predicted molar refractivity (Wildman–Crippen MR) is 103 cm³/mol. The van der Waals surface area contributed by atoms with Crippen molar-refractivity contribution in [2.24, 2.45) is 10.9 Å². The van der Waals surface area contributed by atoms with Gasteiger partial charge in [-0.3, -0.25) is 0 Å². The molecule has 0 N–H and O–H groups in total. The van der Waals surface area contributed by atoms with Crippen molar-refractivity contribution in [2.45, 2.75) is 3.92 Å². The normalized spacial score (nSPS) is 24.6. The third kappa shape index (κ3) is 4.60. The minimum atomic E-state index is 0.168. The SMILES string of the molecule is C=C(I)C1C=CN=C(N2CC[I-]C(c3cccc(Cl)c3)C2)C=C1. The van der Waals surface area contributed by atoms with Crippen LogP contribution in [0.15, 0.2) is 63.8 Å². The summed E-state index contributed by atoms with van der Waals surface area (Å²) in [4.78, 5) is 7.05. The van der Waals surface area contributed by atoms with Gasteiger partial charge in [0.25, 0.3) is 0 Å². The Morgan fingerprint density at radius 1 is 1.39 bits per heavy atom. The van der Waals surface area contributed by atoms with Gasteiger partial charge in [-0.25, -0.2) is 0 Å². The molecule has 2 aliphatic rings. The molecule has 2 aliphatic heterocycles. The standard InChI is InChI=1S/C18H18ClI2N2/c1-13(20)14-5-6-18(22-9-7-14)23-10-8-21-17(12-23)15-3-2-4-16(19)11-15/h2-7,9,11,14,17H,1,8,10,12H2/q-1. The molecule has 0 saturated carbocycles. The minimum absolute atomic E-state index is 0.168. The third-order valence-corrected chi connectivity index (χ3v) is 8.12. The Hall–Kier alpha value is -0.340. The monoisotopic (exact) mass is 551 g/mol. The van der Waals surface area contributed by atoms with Gasteiger partial charge < -0.3 is 0 Å². The van der Waals surface area contributed by atoms with E-state index in [0.717, 1.165) is 27.5 Å². The van der Waals surface area contributed by atoms with Crippen LogP contribution in [0.1, 0.15) is 9.49 Å². The molecule has 0 spiro atoms. The van der Waals surface area contributed by atoms with Gasteiger partial charge in [0.1, 0.15) is 0 Å². The first-order valence-corrected chi connectivity index (χ1v) is 11.7. The average Bonchev–Trinajstić information content (AvgIpc) is 2.81. The number of rotatable bonds is 2. The Morgan fingerprint density at radius 2 is 2.26 bits per heavy atom. The molecule has 23 heavy (non-hydrogen) atoms. The quantitative estimate of drug-likeness (QED) is 0.405. The average molecular weight is 552 g/mol. The van der Waals surface area contributed by atoms with Gasteiger partial charge in [-0.1, -0.05) is 0 Å². The van der Waals surface area contributed by atoms with Crippen LogP contribution in [0.3, 0.4) is 0 Å². The fourth-order valence-corrected chi connectivity index (χ4v) is 6.50. The summed E-state index contributed by atoms with van der Waals surface area (Å²) in [6, 6.07) is 8.34. The van der Waals surface area contributed by atoms with Crippen LogP contribution in [0.25, 0.3) is 0 Å². The summed E-state index contributed by atoms with van der Waals surface area (Å²) in [5, 5.41) is 0.835. The molecule has 2 unspecified atom stereocenters. The number of alkyl halides is 2. The van der Waals surface area contributed by atoms with Gasteiger partial charge in [-0.15, -0.1) is 0 Å². The van der Waals surface area contributed by atoms with E-state index in [1.54, 1.807) is 0 Å². The number of nitrogens with zero attached hydrogens (tertiary/aromatic N) is 2. The molecule has 1 aromatic carbocycles. The summed E-state index contributed by atoms with van der Waals surface area (Å²) in [5.41, 5.74) is 1.38. The van der Waals surface area contributed by atoms with Crippen LogP contribution in [-0.4, -0.2) is 28.3 Å². The Bertz CT molecular complexity index is 681. The molecule has 0 aromatic heterocycles. The van der Waals surface area contributed by atoms with Gasteiger partial charge in [0, 0.05) is 0 Å². The van der Waals surface area contributed by atoms with Gasteiger partial charge >= 0.3 is 168 Å². The fourth-order valence-electron chi connectivity index (χ4n) is 2.63. The van der Waals surface area contributed by atoms with Gasteiger partial charge in [-0.2, -0.15) is 0 Å². The van der Waals surface area contributed by atoms with Crippen molar-refractivity contribution < 1.29 is 21.2 Å². The Morgan fingerprint density at radius 3 is 3.04 bits per heavy atom. The zero-order valence-electron chi connectivity index (χ0n) is 12.6. The summed E-state index contributed by atoms with van der Waals surface area (Å²) in [5.74, 6) is 1.34. The van der Waals surface area contributed by atoms with E-state index >= 15 is 0 Å². The molecule has 0 aliphatic carbocycles. The molecule has 3 rings (SSSR count). The molecule has 1 fully saturated rings. The first-order valence-electron chi connectivity index (χ1n) is 7.48. The molecule has 2 heterocycles. The zero-order chi connectivity index (χ0) is 16.2. The van der Waals surface area contributed by atoms with Crippen LogP contribution < -0.4 is 21.2 Å². The zero-order valence-corrected chi connectivity index (χ0v) is 17.7. The van der Waals surface area contributed by atoms with Crippen LogP contribution >= 0.6 is 34.2 Å². The maximum absolute atomic E-state index is 6.16. The van der Waals surface area contributed by atoms with E-state index in [2.05, 4.69) is 75.5 Å². The molecular formula is C18H18ClI2N2-. The summed E-state index contributed by atoms with van der Waals surface area (Å²) in [6.07, 6.45) is 8.35. The number of aliphatic imine (C=N–C) groups is 1. The maximum atomic E-state index is 6.16. The van der Waals surface area contributed by atoms with Crippen LogP contribution in [0.2, 0.25) is 5.02 Å². The molecule has 1 aromatic rings. The van der Waals surface area contributed by atoms with Crippen LogP contribution in [0.4, 0.5) is 0 Å². The summed E-state index contributed by atoms with van der Waals surface area (Å²) in [7, 11) is 0. The number of benzene rings is 1. The topological polar surface area (TPSA) is 15.6 Å². The van der Waals surface area contributed by atoms with E-state index in [4.69, 9.17) is 11.6 Å². The van der Waals surface area contributed by atoms with Crippen molar-refractivity contribution in [3.05, 3.63) is 69.4 Å². The molecule has 0 radical (unpaired) electrons. The van der Waals surface area contributed by atoms with E-state index in [1.807, 2.05) is 12.3 Å². The number of hydrogen-bond acceptors (Lipinski definition) is 2. The van der Waals surface area contributed by atoms with Crippen LogP contribution in [-0.2, 0) is 0 Å². The van der Waals surface area contributed by atoms with Crippen molar-refractivity contribution >= 4 is 40.0 Å². The molecule has 2 atom stereocenters. The van der Waals surface area contributed by atoms with Gasteiger partial charge in [0.15, 0.2) is 0 Å². The van der Waals surface area contributed by atoms with Gasteiger partial charge in [-0.05, 0) is 0 Å². The second-order valence-corrected chi connectivity index (χ2v) is 10.8. The van der Waals surface area contributed by atoms with Crippen LogP contribution in [0, 0.1) is 5.92 Å². The van der Waals surface area contributed by atoms with Crippen molar-refractivity contribution in [1.29, 1.82) is 0 Å². The van der Waals surface area contributed by atoms with E-state index in [9.17, 15) is 0 Å². The molecule has 0 amide bonds. The summed E-state index contributed by atoms with van der Waals surface area (Å²) >= 11 is 8.62. The molecular weight excluding hydrogens is 533 g/mol. The molecule has 5 heteroatoms. The first kappa shape index (κ1) is 17.5. The third-order valence-electron chi connectivity index (χ3n) is 3.88. The number of allylic oxidation sites excluding steroid dienone is 3. The summed E-state index contributed by atoms with van der Waals surface area (Å²) < 4.78 is 3.03. The number of hydrogen-bond donors (Lipinski definition) is 0. The predicted octanol–water partition coefficient (Wildman–Crippen LogP) is 1.83. The Labute approximate surface area is 166 Å². The van der Waals surface area contributed by atoms with Gasteiger partial charge in [0.05, 0.1) is 0 Å². The number of amidine groups is 1. The Kier molecular flexibility index (Phi) is 6.20. The van der Waals surface area contributed by atoms with E-state index in [1.165, 1.54) is 9.99 Å². The molecule has 1 saturated heterocycles. The second-order valence-electron chi connectivity index (χ2n) is 5.47. The first-order chi connectivity index (χ1) is 11.1. The fraction of sp³-hybridized carbons (Fsp3) is 0.278. The van der Waals surface area contributed by atoms with E-state index in [0.29, 0.717) is 3.92 Å². The molecule has 122 valence electrons. The van der Waals surface area contributed by atoms with Crippen molar-refractivity contribution in [2.75, 3.05) is 17.5 Å². The van der Waals surface area contributed by atoms with E-state index in [-0.39, 0.29) is 27.1 Å². The molecule has 0 bridgehead atoms. The van der Waals surface area contributed by atoms with Crippen molar-refractivity contribution in [3.8, 4) is 0 Å².